The number of benzene rings is 2. The molecule has 0 saturated carbocycles. The third-order valence-corrected chi connectivity index (χ3v) is 4.03. The van der Waals surface area contributed by atoms with Crippen LogP contribution >= 0.6 is 0 Å². The summed E-state index contributed by atoms with van der Waals surface area (Å²) in [6.45, 7) is 2.74. The summed E-state index contributed by atoms with van der Waals surface area (Å²) < 4.78 is 5.78. The van der Waals surface area contributed by atoms with Gasteiger partial charge in [0, 0.05) is 18.1 Å². The molecule has 3 rings (SSSR count). The Bertz CT molecular complexity index is 713. The van der Waals surface area contributed by atoms with Crippen molar-refractivity contribution in [2.24, 2.45) is 0 Å². The molecule has 0 fully saturated rings. The van der Waals surface area contributed by atoms with Crippen molar-refractivity contribution in [1.82, 2.24) is 4.90 Å². The molecule has 1 N–H and O–H groups in total. The van der Waals surface area contributed by atoms with Crippen molar-refractivity contribution >= 4 is 11.7 Å². The van der Waals surface area contributed by atoms with Gasteiger partial charge in [0.15, 0.2) is 0 Å². The fourth-order valence-electron chi connectivity index (χ4n) is 2.47. The minimum absolute atomic E-state index is 0.525. The smallest absolute Gasteiger partial charge is 0.326 e. The van der Waals surface area contributed by atoms with E-state index in [4.69, 9.17) is 9.84 Å². The molecule has 1 aliphatic rings. The first-order chi connectivity index (χ1) is 11.6. The van der Waals surface area contributed by atoms with Gasteiger partial charge in [-0.2, -0.15) is 0 Å². The molecule has 0 aliphatic carbocycles. The van der Waals surface area contributed by atoms with E-state index >= 15 is 0 Å². The van der Waals surface area contributed by atoms with E-state index in [9.17, 15) is 4.79 Å². The highest BCUT2D eigenvalue weighted by atomic mass is 16.5. The summed E-state index contributed by atoms with van der Waals surface area (Å²) in [7, 11) is 0. The highest BCUT2D eigenvalue weighted by Gasteiger charge is 2.23. The van der Waals surface area contributed by atoms with Gasteiger partial charge in [0.05, 0.1) is 6.67 Å². The Balaban J connectivity index is 1.57. The standard InChI is InChI=1S/C19H20N2O3/c1-15(19(22)23)20-11-12-21(14-20)17-7-9-18(10-8-17)24-13-16-5-3-2-4-6-16/h2-12,15H,13-14H2,1H3,(H,22,23). The van der Waals surface area contributed by atoms with Gasteiger partial charge < -0.3 is 19.6 Å². The predicted molar refractivity (Wildman–Crippen MR) is 92.6 cm³/mol. The van der Waals surface area contributed by atoms with E-state index in [1.807, 2.05) is 65.7 Å². The minimum Gasteiger partial charge on any atom is -0.489 e. The fourth-order valence-corrected chi connectivity index (χ4v) is 2.47. The number of aliphatic carboxylic acids is 1. The van der Waals surface area contributed by atoms with Crippen LogP contribution in [0.1, 0.15) is 12.5 Å². The Labute approximate surface area is 141 Å². The van der Waals surface area contributed by atoms with E-state index in [0.717, 1.165) is 17.0 Å². The van der Waals surface area contributed by atoms with Gasteiger partial charge in [-0.15, -0.1) is 0 Å². The van der Waals surface area contributed by atoms with Crippen LogP contribution in [0.15, 0.2) is 67.0 Å². The van der Waals surface area contributed by atoms with Gasteiger partial charge in [-0.1, -0.05) is 30.3 Å². The molecule has 1 aliphatic heterocycles. The van der Waals surface area contributed by atoms with Gasteiger partial charge >= 0.3 is 5.97 Å². The Morgan fingerprint density at radius 3 is 2.50 bits per heavy atom. The predicted octanol–water partition coefficient (Wildman–Crippen LogP) is 3.29. The molecular formula is C19H20N2O3. The average Bonchev–Trinajstić information content (AvgIpc) is 3.10. The first-order valence-electron chi connectivity index (χ1n) is 7.84. The minimum atomic E-state index is -0.828. The van der Waals surface area contributed by atoms with E-state index in [0.29, 0.717) is 13.3 Å². The van der Waals surface area contributed by atoms with Crippen molar-refractivity contribution in [2.45, 2.75) is 19.6 Å². The molecular weight excluding hydrogens is 304 g/mol. The van der Waals surface area contributed by atoms with Crippen molar-refractivity contribution in [3.8, 4) is 5.75 Å². The molecule has 5 nitrogen and oxygen atoms in total. The number of hydrogen-bond acceptors (Lipinski definition) is 4. The van der Waals surface area contributed by atoms with Gasteiger partial charge in [0.1, 0.15) is 18.4 Å². The molecule has 1 unspecified atom stereocenters. The molecule has 0 radical (unpaired) electrons. The SMILES string of the molecule is CC(C(=O)O)N1C=CN(c2ccc(OCc3ccccc3)cc2)C1. The molecule has 1 heterocycles. The van der Waals surface area contributed by atoms with Crippen LogP contribution in [0.4, 0.5) is 5.69 Å². The van der Waals surface area contributed by atoms with Crippen molar-refractivity contribution in [3.05, 3.63) is 72.6 Å². The van der Waals surface area contributed by atoms with Gasteiger partial charge in [0.25, 0.3) is 0 Å². The van der Waals surface area contributed by atoms with Gasteiger partial charge in [0.2, 0.25) is 0 Å². The van der Waals surface area contributed by atoms with Gasteiger partial charge in [-0.25, -0.2) is 4.79 Å². The Hall–Kier alpha value is -2.95. The second-order valence-corrected chi connectivity index (χ2v) is 5.71. The third kappa shape index (κ3) is 3.68. The molecule has 24 heavy (non-hydrogen) atoms. The summed E-state index contributed by atoms with van der Waals surface area (Å²) in [5.74, 6) is -0.0206. The second-order valence-electron chi connectivity index (χ2n) is 5.71. The number of carboxylic acids is 1. The van der Waals surface area contributed by atoms with E-state index in [1.165, 1.54) is 0 Å². The van der Waals surface area contributed by atoms with Crippen LogP contribution in [-0.2, 0) is 11.4 Å². The Morgan fingerprint density at radius 1 is 1.12 bits per heavy atom. The number of carbonyl (C=O) groups is 1. The lowest BCUT2D eigenvalue weighted by atomic mass is 10.2. The highest BCUT2D eigenvalue weighted by molar-refractivity contribution is 5.73. The summed E-state index contributed by atoms with van der Waals surface area (Å²) in [5, 5.41) is 9.08. The zero-order chi connectivity index (χ0) is 16.9. The molecule has 2 aromatic rings. The van der Waals surface area contributed by atoms with Crippen molar-refractivity contribution in [1.29, 1.82) is 0 Å². The summed E-state index contributed by atoms with van der Waals surface area (Å²) in [6, 6.07) is 17.3. The molecule has 1 atom stereocenters. The maximum absolute atomic E-state index is 11.1. The average molecular weight is 324 g/mol. The lowest BCUT2D eigenvalue weighted by Crippen LogP contribution is -2.37. The molecule has 2 aromatic carbocycles. The van der Waals surface area contributed by atoms with Crippen LogP contribution in [0.25, 0.3) is 0 Å². The van der Waals surface area contributed by atoms with Crippen LogP contribution in [0.5, 0.6) is 5.75 Å². The quantitative estimate of drug-likeness (QED) is 0.883. The van der Waals surface area contributed by atoms with E-state index in [1.54, 1.807) is 18.0 Å². The first kappa shape index (κ1) is 15.9. The van der Waals surface area contributed by atoms with E-state index in [-0.39, 0.29) is 0 Å². The third-order valence-electron chi connectivity index (χ3n) is 4.03. The summed E-state index contributed by atoms with van der Waals surface area (Å²) >= 11 is 0. The molecule has 0 aromatic heterocycles. The van der Waals surface area contributed by atoms with Crippen LogP contribution < -0.4 is 9.64 Å². The second kappa shape index (κ2) is 7.08. The monoisotopic (exact) mass is 324 g/mol. The molecule has 0 saturated heterocycles. The van der Waals surface area contributed by atoms with E-state index in [2.05, 4.69) is 0 Å². The fraction of sp³-hybridized carbons (Fsp3) is 0.211. The van der Waals surface area contributed by atoms with Crippen molar-refractivity contribution in [3.63, 3.8) is 0 Å². The zero-order valence-corrected chi connectivity index (χ0v) is 13.5. The van der Waals surface area contributed by atoms with Crippen LogP contribution in [0.2, 0.25) is 0 Å². The number of hydrogen-bond donors (Lipinski definition) is 1. The van der Waals surface area contributed by atoms with Crippen LogP contribution in [-0.4, -0.2) is 28.7 Å². The molecule has 124 valence electrons. The number of rotatable bonds is 6. The molecule has 0 bridgehead atoms. The maximum Gasteiger partial charge on any atom is 0.326 e. The molecule has 0 spiro atoms. The summed E-state index contributed by atoms with van der Waals surface area (Å²) in [5.41, 5.74) is 2.13. The summed E-state index contributed by atoms with van der Waals surface area (Å²) in [4.78, 5) is 14.8. The lowest BCUT2D eigenvalue weighted by molar-refractivity contribution is -0.141. The number of nitrogens with zero attached hydrogens (tertiary/aromatic N) is 2. The molecule has 0 amide bonds. The lowest BCUT2D eigenvalue weighted by Gasteiger charge is -2.24. The molecule has 5 heteroatoms. The van der Waals surface area contributed by atoms with Gasteiger partial charge in [-0.05, 0) is 36.8 Å². The van der Waals surface area contributed by atoms with E-state index < -0.39 is 12.0 Å². The number of ether oxygens (including phenoxy) is 1. The van der Waals surface area contributed by atoms with Crippen molar-refractivity contribution in [2.75, 3.05) is 11.6 Å². The zero-order valence-electron chi connectivity index (χ0n) is 13.5. The van der Waals surface area contributed by atoms with Crippen molar-refractivity contribution < 1.29 is 14.6 Å². The largest absolute Gasteiger partial charge is 0.489 e. The first-order valence-corrected chi connectivity index (χ1v) is 7.84. The Kier molecular flexibility index (Phi) is 4.70. The normalized spacial score (nSPS) is 14.7. The Morgan fingerprint density at radius 2 is 1.83 bits per heavy atom. The summed E-state index contributed by atoms with van der Waals surface area (Å²) in [6.07, 6.45) is 3.69. The van der Waals surface area contributed by atoms with Gasteiger partial charge in [-0.3, -0.25) is 0 Å². The maximum atomic E-state index is 11.1. The highest BCUT2D eigenvalue weighted by Crippen LogP contribution is 2.24. The number of anilines is 1. The topological polar surface area (TPSA) is 53.0 Å². The van der Waals surface area contributed by atoms with Crippen LogP contribution in [0, 0.1) is 0 Å². The van der Waals surface area contributed by atoms with Crippen LogP contribution in [0.3, 0.4) is 0 Å². The number of carboxylic acid groups (broad SMARTS) is 1.